The van der Waals surface area contributed by atoms with Gasteiger partial charge < -0.3 is 9.88 Å². The van der Waals surface area contributed by atoms with Gasteiger partial charge in [-0.3, -0.25) is 4.79 Å². The molecule has 0 fully saturated rings. The standard InChI is InChI=1S/C15H17BrN2O/c1-3-18-10-13(6-7-15(18)19)17-9-12-5-4-11(2)14(16)8-12/h4-8,10,17H,3,9H2,1-2H3. The molecule has 0 spiro atoms. The molecule has 4 heteroatoms. The van der Waals surface area contributed by atoms with Crippen molar-refractivity contribution in [2.24, 2.45) is 0 Å². The summed E-state index contributed by atoms with van der Waals surface area (Å²) in [6.45, 7) is 5.45. The smallest absolute Gasteiger partial charge is 0.250 e. The Bertz CT molecular complexity index is 634. The molecule has 1 heterocycles. The first-order valence-corrected chi connectivity index (χ1v) is 7.09. The van der Waals surface area contributed by atoms with Crippen molar-refractivity contribution >= 4 is 21.6 Å². The Morgan fingerprint density at radius 1 is 1.26 bits per heavy atom. The third-order valence-corrected chi connectivity index (χ3v) is 3.91. The van der Waals surface area contributed by atoms with E-state index in [-0.39, 0.29) is 5.56 Å². The third kappa shape index (κ3) is 3.47. The Morgan fingerprint density at radius 2 is 2.05 bits per heavy atom. The van der Waals surface area contributed by atoms with Crippen LogP contribution in [0.4, 0.5) is 5.69 Å². The van der Waals surface area contributed by atoms with Crippen LogP contribution in [-0.2, 0) is 13.1 Å². The molecule has 0 aliphatic rings. The van der Waals surface area contributed by atoms with Crippen LogP contribution in [0.15, 0.2) is 45.8 Å². The second kappa shape index (κ2) is 6.06. The van der Waals surface area contributed by atoms with E-state index in [4.69, 9.17) is 0 Å². The monoisotopic (exact) mass is 320 g/mol. The Balaban J connectivity index is 2.10. The quantitative estimate of drug-likeness (QED) is 0.934. The van der Waals surface area contributed by atoms with Crippen LogP contribution in [0.3, 0.4) is 0 Å². The topological polar surface area (TPSA) is 34.0 Å². The van der Waals surface area contributed by atoms with E-state index < -0.39 is 0 Å². The molecular weight excluding hydrogens is 304 g/mol. The van der Waals surface area contributed by atoms with Gasteiger partial charge in [-0.2, -0.15) is 0 Å². The van der Waals surface area contributed by atoms with Crippen molar-refractivity contribution in [1.82, 2.24) is 4.57 Å². The number of rotatable bonds is 4. The molecule has 1 aromatic carbocycles. The predicted molar refractivity (Wildman–Crippen MR) is 82.6 cm³/mol. The second-order valence-corrected chi connectivity index (χ2v) is 5.33. The molecular formula is C15H17BrN2O. The Morgan fingerprint density at radius 3 is 2.74 bits per heavy atom. The number of nitrogens with zero attached hydrogens (tertiary/aromatic N) is 1. The van der Waals surface area contributed by atoms with Crippen molar-refractivity contribution in [1.29, 1.82) is 0 Å². The lowest BCUT2D eigenvalue weighted by Gasteiger charge is -2.10. The van der Waals surface area contributed by atoms with Crippen molar-refractivity contribution in [3.63, 3.8) is 0 Å². The summed E-state index contributed by atoms with van der Waals surface area (Å²) in [5, 5.41) is 3.33. The van der Waals surface area contributed by atoms with Crippen LogP contribution in [0.5, 0.6) is 0 Å². The zero-order valence-corrected chi connectivity index (χ0v) is 12.7. The van der Waals surface area contributed by atoms with E-state index in [1.165, 1.54) is 11.1 Å². The Hall–Kier alpha value is -1.55. The molecule has 0 bridgehead atoms. The molecule has 0 aliphatic heterocycles. The van der Waals surface area contributed by atoms with Crippen molar-refractivity contribution in [2.75, 3.05) is 5.32 Å². The first-order chi connectivity index (χ1) is 9.10. The van der Waals surface area contributed by atoms with Crippen LogP contribution in [0.25, 0.3) is 0 Å². The van der Waals surface area contributed by atoms with Gasteiger partial charge in [0.1, 0.15) is 0 Å². The summed E-state index contributed by atoms with van der Waals surface area (Å²) in [6.07, 6.45) is 1.85. The Kier molecular flexibility index (Phi) is 4.43. The summed E-state index contributed by atoms with van der Waals surface area (Å²) in [5.74, 6) is 0. The highest BCUT2D eigenvalue weighted by molar-refractivity contribution is 9.10. The maximum absolute atomic E-state index is 11.5. The molecule has 0 saturated carbocycles. The molecule has 100 valence electrons. The summed E-state index contributed by atoms with van der Waals surface area (Å²) in [5.41, 5.74) is 3.42. The van der Waals surface area contributed by atoms with Gasteiger partial charge in [-0.15, -0.1) is 0 Å². The highest BCUT2D eigenvalue weighted by Crippen LogP contribution is 2.18. The number of hydrogen-bond acceptors (Lipinski definition) is 2. The van der Waals surface area contributed by atoms with Crippen LogP contribution in [-0.4, -0.2) is 4.57 Å². The highest BCUT2D eigenvalue weighted by Gasteiger charge is 2.00. The maximum Gasteiger partial charge on any atom is 0.250 e. The van der Waals surface area contributed by atoms with Gasteiger partial charge in [0, 0.05) is 29.8 Å². The van der Waals surface area contributed by atoms with Gasteiger partial charge in [0.2, 0.25) is 0 Å². The van der Waals surface area contributed by atoms with Gasteiger partial charge in [-0.1, -0.05) is 28.1 Å². The number of pyridine rings is 1. The van der Waals surface area contributed by atoms with E-state index in [1.54, 1.807) is 10.6 Å². The summed E-state index contributed by atoms with van der Waals surface area (Å²) >= 11 is 3.53. The van der Waals surface area contributed by atoms with Crippen molar-refractivity contribution in [3.8, 4) is 0 Å². The number of halogens is 1. The molecule has 0 atom stereocenters. The third-order valence-electron chi connectivity index (χ3n) is 3.06. The number of anilines is 1. The van der Waals surface area contributed by atoms with Crippen molar-refractivity contribution in [2.45, 2.75) is 26.9 Å². The number of aromatic nitrogens is 1. The minimum Gasteiger partial charge on any atom is -0.380 e. The summed E-state index contributed by atoms with van der Waals surface area (Å²) in [6, 6.07) is 9.71. The molecule has 1 N–H and O–H groups in total. The summed E-state index contributed by atoms with van der Waals surface area (Å²) in [7, 11) is 0. The number of aryl methyl sites for hydroxylation is 2. The first kappa shape index (κ1) is 13.9. The van der Waals surface area contributed by atoms with E-state index in [0.717, 1.165) is 16.7 Å². The number of hydrogen-bond donors (Lipinski definition) is 1. The zero-order valence-electron chi connectivity index (χ0n) is 11.1. The molecule has 1 aromatic heterocycles. The van der Waals surface area contributed by atoms with E-state index in [2.05, 4.69) is 46.4 Å². The largest absolute Gasteiger partial charge is 0.380 e. The molecule has 0 aliphatic carbocycles. The van der Waals surface area contributed by atoms with Crippen LogP contribution in [0, 0.1) is 6.92 Å². The van der Waals surface area contributed by atoms with Gasteiger partial charge in [0.05, 0.1) is 5.69 Å². The lowest BCUT2D eigenvalue weighted by atomic mass is 10.1. The van der Waals surface area contributed by atoms with Gasteiger partial charge in [0.15, 0.2) is 0 Å². The lowest BCUT2D eigenvalue weighted by molar-refractivity contribution is 0.727. The molecule has 0 unspecified atom stereocenters. The van der Waals surface area contributed by atoms with Crippen LogP contribution >= 0.6 is 15.9 Å². The van der Waals surface area contributed by atoms with Gasteiger partial charge in [-0.05, 0) is 37.1 Å². The SMILES string of the molecule is CCn1cc(NCc2ccc(C)c(Br)c2)ccc1=O. The minimum absolute atomic E-state index is 0.0335. The number of benzene rings is 1. The molecule has 3 nitrogen and oxygen atoms in total. The van der Waals surface area contributed by atoms with Gasteiger partial charge in [0.25, 0.3) is 5.56 Å². The minimum atomic E-state index is 0.0335. The van der Waals surface area contributed by atoms with Gasteiger partial charge >= 0.3 is 0 Å². The van der Waals surface area contributed by atoms with Gasteiger partial charge in [-0.25, -0.2) is 0 Å². The fraction of sp³-hybridized carbons (Fsp3) is 0.267. The molecule has 19 heavy (non-hydrogen) atoms. The second-order valence-electron chi connectivity index (χ2n) is 4.48. The van der Waals surface area contributed by atoms with E-state index in [9.17, 15) is 4.79 Å². The fourth-order valence-electron chi connectivity index (χ4n) is 1.83. The molecule has 0 radical (unpaired) electrons. The zero-order chi connectivity index (χ0) is 13.8. The fourth-order valence-corrected chi connectivity index (χ4v) is 2.26. The van der Waals surface area contributed by atoms with Crippen molar-refractivity contribution < 1.29 is 0 Å². The van der Waals surface area contributed by atoms with E-state index >= 15 is 0 Å². The van der Waals surface area contributed by atoms with Crippen LogP contribution < -0.4 is 10.9 Å². The lowest BCUT2D eigenvalue weighted by Crippen LogP contribution is -2.17. The average Bonchev–Trinajstić information content (AvgIpc) is 2.41. The van der Waals surface area contributed by atoms with E-state index in [0.29, 0.717) is 6.54 Å². The normalized spacial score (nSPS) is 10.5. The average molecular weight is 321 g/mol. The number of nitrogens with one attached hydrogen (secondary N) is 1. The van der Waals surface area contributed by atoms with E-state index in [1.807, 2.05) is 19.2 Å². The summed E-state index contributed by atoms with van der Waals surface area (Å²) in [4.78, 5) is 11.5. The molecule has 0 saturated heterocycles. The highest BCUT2D eigenvalue weighted by atomic mass is 79.9. The predicted octanol–water partition coefficient (Wildman–Crippen LogP) is 3.55. The molecule has 2 rings (SSSR count). The molecule has 0 amide bonds. The van der Waals surface area contributed by atoms with Crippen molar-refractivity contribution in [3.05, 3.63) is 62.5 Å². The first-order valence-electron chi connectivity index (χ1n) is 6.29. The maximum atomic E-state index is 11.5. The summed E-state index contributed by atoms with van der Waals surface area (Å²) < 4.78 is 2.80. The Labute approximate surface area is 121 Å². The molecule has 2 aromatic rings. The van der Waals surface area contributed by atoms with Crippen LogP contribution in [0.1, 0.15) is 18.1 Å². The van der Waals surface area contributed by atoms with Crippen LogP contribution in [0.2, 0.25) is 0 Å².